The van der Waals surface area contributed by atoms with Gasteiger partial charge >= 0.3 is 5.97 Å². The molecule has 1 saturated carbocycles. The van der Waals surface area contributed by atoms with E-state index in [2.05, 4.69) is 5.32 Å². The first kappa shape index (κ1) is 24.7. The van der Waals surface area contributed by atoms with Crippen LogP contribution in [-0.2, 0) is 30.9 Å². The Labute approximate surface area is 211 Å². The minimum absolute atomic E-state index is 0.0829. The van der Waals surface area contributed by atoms with Crippen molar-refractivity contribution in [1.82, 2.24) is 14.2 Å². The van der Waals surface area contributed by atoms with E-state index in [9.17, 15) is 18.0 Å². The van der Waals surface area contributed by atoms with Gasteiger partial charge in [-0.1, -0.05) is 31.4 Å². The van der Waals surface area contributed by atoms with Crippen molar-refractivity contribution in [3.05, 3.63) is 41.4 Å². The summed E-state index contributed by atoms with van der Waals surface area (Å²) in [6.45, 7) is 0.585. The molecule has 0 unspecified atom stereocenters. The maximum atomic E-state index is 13.1. The standard InChI is InChI=1S/C26H32N4O5S/c1-35-23(31)18-29-14-10-21-19(8-5-9-22(21)29)11-17-36(33,34)30-15-12-26(13-16-30)25(32)27-24(28-26)20-6-3-2-4-7-20/h5,8-11,14,17,20H,2-4,6-7,12-13,15-16,18H2,1H3,(H,27,28,32)/b17-11+. The maximum Gasteiger partial charge on any atom is 0.325 e. The lowest BCUT2D eigenvalue weighted by Gasteiger charge is -2.34. The molecule has 3 heterocycles. The molecule has 1 aliphatic carbocycles. The van der Waals surface area contributed by atoms with Crippen molar-refractivity contribution < 1.29 is 22.7 Å². The average molecular weight is 513 g/mol. The SMILES string of the molecule is COC(=O)Cn1ccc2c(/C=C/S(=O)(=O)N3CCC4(CC3)N=C(C3CCCCC3)NC4=O)cccc21. The lowest BCUT2D eigenvalue weighted by atomic mass is 9.88. The molecule has 36 heavy (non-hydrogen) atoms. The van der Waals surface area contributed by atoms with Gasteiger partial charge in [-0.25, -0.2) is 8.42 Å². The molecular weight excluding hydrogens is 480 g/mol. The molecule has 2 aromatic rings. The topological polar surface area (TPSA) is 110 Å². The van der Waals surface area contributed by atoms with Crippen LogP contribution in [-0.4, -0.2) is 60.7 Å². The summed E-state index contributed by atoms with van der Waals surface area (Å²) < 4.78 is 34.2. The minimum Gasteiger partial charge on any atom is -0.468 e. The van der Waals surface area contributed by atoms with Gasteiger partial charge in [0, 0.05) is 41.5 Å². The zero-order valence-electron chi connectivity index (χ0n) is 20.5. The van der Waals surface area contributed by atoms with E-state index >= 15 is 0 Å². The van der Waals surface area contributed by atoms with Gasteiger partial charge in [-0.2, -0.15) is 4.31 Å². The second-order valence-corrected chi connectivity index (χ2v) is 11.7. The highest BCUT2D eigenvalue weighted by Crippen LogP contribution is 2.35. The Morgan fingerprint density at radius 1 is 1.19 bits per heavy atom. The number of fused-ring (bicyclic) bond motifs is 1. The van der Waals surface area contributed by atoms with E-state index in [4.69, 9.17) is 9.73 Å². The predicted octanol–water partition coefficient (Wildman–Crippen LogP) is 3.06. The maximum absolute atomic E-state index is 13.1. The Balaban J connectivity index is 1.28. The number of amidine groups is 1. The van der Waals surface area contributed by atoms with Gasteiger partial charge in [-0.3, -0.25) is 14.6 Å². The number of ether oxygens (including phenoxy) is 1. The fraction of sp³-hybridized carbons (Fsp3) is 0.500. The Morgan fingerprint density at radius 2 is 1.94 bits per heavy atom. The fourth-order valence-electron chi connectivity index (χ4n) is 5.54. The summed E-state index contributed by atoms with van der Waals surface area (Å²) >= 11 is 0. The van der Waals surface area contributed by atoms with Crippen molar-refractivity contribution in [2.45, 2.75) is 57.0 Å². The highest BCUT2D eigenvalue weighted by Gasteiger charge is 2.48. The minimum atomic E-state index is -3.67. The van der Waals surface area contributed by atoms with Crippen molar-refractivity contribution >= 4 is 44.7 Å². The van der Waals surface area contributed by atoms with Gasteiger partial charge < -0.3 is 14.6 Å². The Kier molecular flexibility index (Phi) is 6.74. The molecule has 2 aliphatic heterocycles. The van der Waals surface area contributed by atoms with E-state index in [1.807, 2.05) is 24.3 Å². The summed E-state index contributed by atoms with van der Waals surface area (Å²) in [6, 6.07) is 7.40. The molecule has 3 aliphatic rings. The highest BCUT2D eigenvalue weighted by molar-refractivity contribution is 7.92. The molecule has 0 atom stereocenters. The number of rotatable bonds is 6. The summed E-state index contributed by atoms with van der Waals surface area (Å²) in [6.07, 6.45) is 9.81. The third-order valence-corrected chi connectivity index (χ3v) is 9.26. The summed E-state index contributed by atoms with van der Waals surface area (Å²) in [4.78, 5) is 29.4. The normalized spacial score (nSPS) is 21.2. The van der Waals surface area contributed by atoms with Gasteiger partial charge in [-0.05, 0) is 49.5 Å². The lowest BCUT2D eigenvalue weighted by molar-refractivity contribution is -0.141. The third kappa shape index (κ3) is 4.71. The van der Waals surface area contributed by atoms with Crippen LogP contribution in [0.2, 0.25) is 0 Å². The van der Waals surface area contributed by atoms with E-state index in [0.29, 0.717) is 18.8 Å². The molecular formula is C26H32N4O5S. The Hall–Kier alpha value is -2.98. The molecule has 10 heteroatoms. The van der Waals surface area contributed by atoms with Crippen molar-refractivity contribution in [3.63, 3.8) is 0 Å². The molecule has 1 saturated heterocycles. The molecule has 1 aromatic carbocycles. The van der Waals surface area contributed by atoms with Crippen LogP contribution in [0.4, 0.5) is 0 Å². The second kappa shape index (κ2) is 9.82. The van der Waals surface area contributed by atoms with Crippen molar-refractivity contribution in [2.75, 3.05) is 20.2 Å². The van der Waals surface area contributed by atoms with Gasteiger partial charge in [0.2, 0.25) is 10.0 Å². The summed E-state index contributed by atoms with van der Waals surface area (Å²) in [7, 11) is -2.33. The number of carbonyl (C=O) groups is 2. The molecule has 1 aromatic heterocycles. The van der Waals surface area contributed by atoms with Crippen LogP contribution in [0.5, 0.6) is 0 Å². The van der Waals surface area contributed by atoms with Gasteiger partial charge in [-0.15, -0.1) is 0 Å². The van der Waals surface area contributed by atoms with Gasteiger partial charge in [0.15, 0.2) is 0 Å². The molecule has 0 radical (unpaired) electrons. The smallest absolute Gasteiger partial charge is 0.325 e. The number of sulfonamides is 1. The molecule has 1 amide bonds. The molecule has 192 valence electrons. The summed E-state index contributed by atoms with van der Waals surface area (Å²) in [5.74, 6) is 0.684. The first-order valence-electron chi connectivity index (χ1n) is 12.6. The van der Waals surface area contributed by atoms with Crippen molar-refractivity contribution in [3.8, 4) is 0 Å². The number of hydrogen-bond donors (Lipinski definition) is 1. The van der Waals surface area contributed by atoms with Crippen LogP contribution in [0, 0.1) is 5.92 Å². The van der Waals surface area contributed by atoms with E-state index in [-0.39, 0.29) is 31.5 Å². The first-order chi connectivity index (χ1) is 17.3. The first-order valence-corrected chi connectivity index (χ1v) is 14.1. The number of aliphatic imine (C=N–C) groups is 1. The highest BCUT2D eigenvalue weighted by atomic mass is 32.2. The fourth-order valence-corrected chi connectivity index (χ4v) is 6.72. The zero-order chi connectivity index (χ0) is 25.3. The molecule has 9 nitrogen and oxygen atoms in total. The monoisotopic (exact) mass is 512 g/mol. The summed E-state index contributed by atoms with van der Waals surface area (Å²) in [5, 5.41) is 5.09. The summed E-state index contributed by atoms with van der Waals surface area (Å²) in [5.41, 5.74) is 0.722. The third-order valence-electron chi connectivity index (χ3n) is 7.69. The molecule has 1 N–H and O–H groups in total. The van der Waals surface area contributed by atoms with Crippen LogP contribution < -0.4 is 5.32 Å². The predicted molar refractivity (Wildman–Crippen MR) is 138 cm³/mol. The van der Waals surface area contributed by atoms with Gasteiger partial charge in [0.1, 0.15) is 17.9 Å². The van der Waals surface area contributed by atoms with E-state index in [1.165, 1.54) is 23.2 Å². The lowest BCUT2D eigenvalue weighted by Crippen LogP contribution is -2.50. The van der Waals surface area contributed by atoms with E-state index < -0.39 is 15.6 Å². The number of aromatic nitrogens is 1. The number of nitrogens with zero attached hydrogens (tertiary/aromatic N) is 3. The number of hydrogen-bond acceptors (Lipinski definition) is 6. The van der Waals surface area contributed by atoms with Crippen LogP contribution in [0.15, 0.2) is 40.9 Å². The van der Waals surface area contributed by atoms with Crippen LogP contribution >= 0.6 is 0 Å². The molecule has 1 spiro atoms. The number of piperidine rings is 1. The van der Waals surface area contributed by atoms with Crippen LogP contribution in [0.25, 0.3) is 17.0 Å². The molecule has 0 bridgehead atoms. The van der Waals surface area contributed by atoms with Crippen molar-refractivity contribution in [1.29, 1.82) is 0 Å². The average Bonchev–Trinajstić information content (AvgIpc) is 3.44. The number of amides is 1. The van der Waals surface area contributed by atoms with E-state index in [1.54, 1.807) is 16.8 Å². The largest absolute Gasteiger partial charge is 0.468 e. The van der Waals surface area contributed by atoms with Crippen molar-refractivity contribution in [2.24, 2.45) is 10.9 Å². The quantitative estimate of drug-likeness (QED) is 0.598. The Bertz CT molecular complexity index is 1330. The number of nitrogens with one attached hydrogen (secondary N) is 1. The zero-order valence-corrected chi connectivity index (χ0v) is 21.3. The number of carbonyl (C=O) groups excluding carboxylic acids is 2. The number of methoxy groups -OCH3 is 1. The van der Waals surface area contributed by atoms with Crippen LogP contribution in [0.3, 0.4) is 0 Å². The van der Waals surface area contributed by atoms with Gasteiger partial charge in [0.05, 0.1) is 7.11 Å². The van der Waals surface area contributed by atoms with Gasteiger partial charge in [0.25, 0.3) is 5.91 Å². The number of esters is 1. The molecule has 5 rings (SSSR count). The van der Waals surface area contributed by atoms with Crippen LogP contribution in [0.1, 0.15) is 50.5 Å². The molecule has 2 fully saturated rings. The second-order valence-electron chi connectivity index (χ2n) is 9.86. The number of benzene rings is 1. The Morgan fingerprint density at radius 3 is 2.67 bits per heavy atom. The van der Waals surface area contributed by atoms with E-state index in [0.717, 1.165) is 48.0 Å².